The summed E-state index contributed by atoms with van der Waals surface area (Å²) >= 11 is 1.73. The van der Waals surface area contributed by atoms with Crippen molar-refractivity contribution in [3.05, 3.63) is 40.3 Å². The summed E-state index contributed by atoms with van der Waals surface area (Å²) in [6.45, 7) is 7.78. The normalized spacial score (nSPS) is 12.3. The summed E-state index contributed by atoms with van der Waals surface area (Å²) in [5.41, 5.74) is 1.13. The van der Waals surface area contributed by atoms with Gasteiger partial charge >= 0.3 is 0 Å². The molecule has 0 saturated heterocycles. The second kappa shape index (κ2) is 12.8. The zero-order chi connectivity index (χ0) is 19.6. The number of aliphatic imine (C=N–C) groups is 1. The van der Waals surface area contributed by atoms with Crippen LogP contribution >= 0.6 is 35.3 Å². The van der Waals surface area contributed by atoms with Crippen LogP contribution in [0.3, 0.4) is 0 Å². The zero-order valence-electron chi connectivity index (χ0n) is 17.2. The third-order valence-corrected chi connectivity index (χ3v) is 5.09. The van der Waals surface area contributed by atoms with Crippen LogP contribution in [0.2, 0.25) is 0 Å². The highest BCUT2D eigenvalue weighted by Gasteiger charge is 2.08. The van der Waals surface area contributed by atoms with Crippen molar-refractivity contribution >= 4 is 41.3 Å². The minimum atomic E-state index is -0.0113. The molecule has 0 spiro atoms. The van der Waals surface area contributed by atoms with E-state index in [1.807, 2.05) is 31.2 Å². The van der Waals surface area contributed by atoms with Crippen LogP contribution in [0.4, 0.5) is 0 Å². The lowest BCUT2D eigenvalue weighted by molar-refractivity contribution is 0.223. The molecule has 2 N–H and O–H groups in total. The molecule has 0 aliphatic heterocycles. The molecule has 8 heteroatoms. The average molecular weight is 518 g/mol. The van der Waals surface area contributed by atoms with Crippen LogP contribution in [0.25, 0.3) is 0 Å². The van der Waals surface area contributed by atoms with Crippen molar-refractivity contribution in [3.8, 4) is 11.5 Å². The van der Waals surface area contributed by atoms with E-state index in [9.17, 15) is 0 Å². The fourth-order valence-electron chi connectivity index (χ4n) is 2.42. The number of thiazole rings is 1. The van der Waals surface area contributed by atoms with Gasteiger partial charge < -0.3 is 20.1 Å². The molecular weight excluding hydrogens is 487 g/mol. The molecule has 1 aromatic heterocycles. The fraction of sp³-hybridized carbons (Fsp3) is 0.500. The quantitative estimate of drug-likeness (QED) is 0.298. The van der Waals surface area contributed by atoms with Crippen LogP contribution in [0, 0.1) is 0 Å². The maximum Gasteiger partial charge on any atom is 0.191 e. The minimum Gasteiger partial charge on any atom is -0.497 e. The Bertz CT molecular complexity index is 737. The smallest absolute Gasteiger partial charge is 0.191 e. The van der Waals surface area contributed by atoms with E-state index in [-0.39, 0.29) is 30.1 Å². The van der Waals surface area contributed by atoms with E-state index in [1.165, 1.54) is 5.01 Å². The molecule has 0 bridgehead atoms. The van der Waals surface area contributed by atoms with Gasteiger partial charge in [-0.05, 0) is 19.1 Å². The zero-order valence-corrected chi connectivity index (χ0v) is 20.3. The summed E-state index contributed by atoms with van der Waals surface area (Å²) in [4.78, 5) is 8.92. The second-order valence-corrected chi connectivity index (χ2v) is 7.46. The molecule has 1 heterocycles. The third kappa shape index (κ3) is 8.22. The maximum absolute atomic E-state index is 5.92. The van der Waals surface area contributed by atoms with E-state index >= 15 is 0 Å². The lowest BCUT2D eigenvalue weighted by Gasteiger charge is -2.18. The lowest BCUT2D eigenvalue weighted by Crippen LogP contribution is -2.42. The van der Waals surface area contributed by atoms with Gasteiger partial charge in [-0.25, -0.2) is 4.98 Å². The topological polar surface area (TPSA) is 67.8 Å². The molecule has 2 aromatic rings. The highest BCUT2D eigenvalue weighted by atomic mass is 127. The summed E-state index contributed by atoms with van der Waals surface area (Å²) in [5.74, 6) is 2.82. The fourth-order valence-corrected chi connectivity index (χ4v) is 3.29. The number of nitrogens with one attached hydrogen (secondary N) is 2. The first-order chi connectivity index (χ1) is 13.0. The van der Waals surface area contributed by atoms with Crippen LogP contribution in [0.5, 0.6) is 11.5 Å². The van der Waals surface area contributed by atoms with Gasteiger partial charge in [-0.2, -0.15) is 0 Å². The first-order valence-corrected chi connectivity index (χ1v) is 10.1. The number of benzene rings is 1. The van der Waals surface area contributed by atoms with Crippen molar-refractivity contribution in [2.45, 2.75) is 39.2 Å². The van der Waals surface area contributed by atoms with E-state index < -0.39 is 0 Å². The van der Waals surface area contributed by atoms with Crippen molar-refractivity contribution < 1.29 is 9.47 Å². The number of rotatable bonds is 9. The number of hydrogen-bond acceptors (Lipinski definition) is 5. The van der Waals surface area contributed by atoms with Gasteiger partial charge in [-0.1, -0.05) is 19.9 Å². The van der Waals surface area contributed by atoms with Gasteiger partial charge in [0.1, 0.15) is 17.6 Å². The van der Waals surface area contributed by atoms with Crippen molar-refractivity contribution in [1.29, 1.82) is 0 Å². The minimum absolute atomic E-state index is 0. The van der Waals surface area contributed by atoms with Crippen molar-refractivity contribution in [1.82, 2.24) is 15.6 Å². The van der Waals surface area contributed by atoms with Gasteiger partial charge in [0.2, 0.25) is 0 Å². The summed E-state index contributed by atoms with van der Waals surface area (Å²) in [5, 5.41) is 9.94. The van der Waals surface area contributed by atoms with E-state index in [0.717, 1.165) is 36.1 Å². The standard InChI is InChI=1S/C20H30N4O2S.HI/c1-14(2)19-24-16(13-27-19)9-10-22-20(21-4)23-12-15(3)26-18-8-6-7-17(11-18)25-5;/h6-8,11,13-15H,9-10,12H2,1-5H3,(H2,21,22,23);1H. The summed E-state index contributed by atoms with van der Waals surface area (Å²) in [6, 6.07) is 7.61. The molecule has 2 rings (SSSR count). The summed E-state index contributed by atoms with van der Waals surface area (Å²) in [7, 11) is 3.41. The van der Waals surface area contributed by atoms with Crippen molar-refractivity contribution in [3.63, 3.8) is 0 Å². The predicted octanol–water partition coefficient (Wildman–Crippen LogP) is 4.07. The Labute approximate surface area is 189 Å². The molecule has 0 fully saturated rings. The molecule has 0 amide bonds. The number of halogens is 1. The number of guanidine groups is 1. The highest BCUT2D eigenvalue weighted by molar-refractivity contribution is 14.0. The second-order valence-electron chi connectivity index (χ2n) is 6.57. The number of aromatic nitrogens is 1. The largest absolute Gasteiger partial charge is 0.497 e. The van der Waals surface area contributed by atoms with Crippen molar-refractivity contribution in [2.24, 2.45) is 4.99 Å². The SMILES string of the molecule is CN=C(NCCc1csc(C(C)C)n1)NCC(C)Oc1cccc(OC)c1.I. The monoisotopic (exact) mass is 518 g/mol. The number of nitrogens with zero attached hydrogens (tertiary/aromatic N) is 2. The molecule has 0 saturated carbocycles. The van der Waals surface area contributed by atoms with Gasteiger partial charge in [-0.3, -0.25) is 4.99 Å². The Morgan fingerprint density at radius 2 is 1.96 bits per heavy atom. The van der Waals surface area contributed by atoms with Crippen LogP contribution in [0.1, 0.15) is 37.4 Å². The highest BCUT2D eigenvalue weighted by Crippen LogP contribution is 2.20. The van der Waals surface area contributed by atoms with E-state index in [2.05, 4.69) is 39.8 Å². The van der Waals surface area contributed by atoms with Crippen LogP contribution < -0.4 is 20.1 Å². The van der Waals surface area contributed by atoms with Crippen molar-refractivity contribution in [2.75, 3.05) is 27.2 Å². The lowest BCUT2D eigenvalue weighted by atomic mass is 10.2. The predicted molar refractivity (Wildman–Crippen MR) is 128 cm³/mol. The molecule has 1 aromatic carbocycles. The Balaban J connectivity index is 0.00000392. The molecule has 1 atom stereocenters. The van der Waals surface area contributed by atoms with E-state index in [4.69, 9.17) is 9.47 Å². The molecule has 6 nitrogen and oxygen atoms in total. The summed E-state index contributed by atoms with van der Waals surface area (Å²) in [6.07, 6.45) is 0.863. The van der Waals surface area contributed by atoms with Gasteiger partial charge in [0.05, 0.1) is 24.4 Å². The number of methoxy groups -OCH3 is 1. The van der Waals surface area contributed by atoms with Gasteiger partial charge in [-0.15, -0.1) is 35.3 Å². The Hall–Kier alpha value is -1.55. The molecule has 0 aliphatic rings. The first-order valence-electron chi connectivity index (χ1n) is 9.21. The van der Waals surface area contributed by atoms with Gasteiger partial charge in [0.15, 0.2) is 5.96 Å². The third-order valence-electron chi connectivity index (χ3n) is 3.90. The Morgan fingerprint density at radius 3 is 2.61 bits per heavy atom. The van der Waals surface area contributed by atoms with E-state index in [1.54, 1.807) is 25.5 Å². The summed E-state index contributed by atoms with van der Waals surface area (Å²) < 4.78 is 11.1. The van der Waals surface area contributed by atoms with Gasteiger partial charge in [0, 0.05) is 37.4 Å². The molecule has 28 heavy (non-hydrogen) atoms. The van der Waals surface area contributed by atoms with E-state index in [0.29, 0.717) is 12.5 Å². The Kier molecular flexibility index (Phi) is 11.2. The molecular formula is C20H31IN4O2S. The molecule has 1 unspecified atom stereocenters. The molecule has 0 radical (unpaired) electrons. The van der Waals surface area contributed by atoms with Crippen LogP contribution in [-0.4, -0.2) is 44.3 Å². The Morgan fingerprint density at radius 1 is 1.21 bits per heavy atom. The van der Waals surface area contributed by atoms with Crippen LogP contribution in [0.15, 0.2) is 34.6 Å². The maximum atomic E-state index is 5.92. The molecule has 0 aliphatic carbocycles. The van der Waals surface area contributed by atoms with Crippen LogP contribution in [-0.2, 0) is 6.42 Å². The number of ether oxygens (including phenoxy) is 2. The number of hydrogen-bond donors (Lipinski definition) is 2. The van der Waals surface area contributed by atoms with Gasteiger partial charge in [0.25, 0.3) is 0 Å². The molecule has 156 valence electrons. The average Bonchev–Trinajstić information content (AvgIpc) is 3.14. The first kappa shape index (κ1) is 24.5.